The molecule has 0 saturated carbocycles. The third-order valence-corrected chi connectivity index (χ3v) is 5.68. The Hall–Kier alpha value is -2.84. The van der Waals surface area contributed by atoms with Crippen molar-refractivity contribution in [1.82, 2.24) is 4.90 Å². The summed E-state index contributed by atoms with van der Waals surface area (Å²) in [6, 6.07) is 11.6. The number of aliphatic carboxylic acids is 2. The van der Waals surface area contributed by atoms with Gasteiger partial charge in [0.15, 0.2) is 0 Å². The van der Waals surface area contributed by atoms with E-state index in [0.717, 1.165) is 43.0 Å². The smallest absolute Gasteiger partial charge is 0.414 e. The Bertz CT molecular complexity index is 938. The van der Waals surface area contributed by atoms with Crippen LogP contribution in [0.2, 0.25) is 0 Å². The second-order valence-electron chi connectivity index (χ2n) is 8.21. The Morgan fingerprint density at radius 1 is 1.09 bits per heavy atom. The first-order valence-electron chi connectivity index (χ1n) is 10.4. The van der Waals surface area contributed by atoms with Crippen LogP contribution in [0.4, 0.5) is 8.78 Å². The summed E-state index contributed by atoms with van der Waals surface area (Å²) in [4.78, 5) is 20.3. The molecule has 0 amide bonds. The van der Waals surface area contributed by atoms with E-state index in [1.807, 2.05) is 32.3 Å². The van der Waals surface area contributed by atoms with Crippen molar-refractivity contribution in [1.29, 1.82) is 0 Å². The lowest BCUT2D eigenvalue weighted by atomic mass is 9.73. The average molecular weight is 449 g/mol. The van der Waals surface area contributed by atoms with Crippen LogP contribution in [0.15, 0.2) is 42.5 Å². The molecule has 0 fully saturated rings. The number of halogens is 2. The molecule has 2 atom stereocenters. The average Bonchev–Trinajstić information content (AvgIpc) is 2.85. The highest BCUT2D eigenvalue weighted by Crippen LogP contribution is 2.47. The predicted molar refractivity (Wildman–Crippen MR) is 115 cm³/mol. The number of carbonyl (C=O) groups is 2. The molecule has 8 heteroatoms. The Labute approximate surface area is 186 Å². The van der Waals surface area contributed by atoms with Gasteiger partial charge in [0.25, 0.3) is 0 Å². The van der Waals surface area contributed by atoms with Gasteiger partial charge in [0.1, 0.15) is 11.6 Å². The number of aliphatic hydroxyl groups is 1. The quantitative estimate of drug-likeness (QED) is 0.475. The molecule has 0 aliphatic heterocycles. The SMILES string of the molecule is CN(C)CCC[C@]1(O)c2ccccc2CCC[C@H]1c1ccc(F)cc1F.O=C(O)C(=O)O. The van der Waals surface area contributed by atoms with Crippen LogP contribution in [-0.4, -0.2) is 52.8 Å². The minimum absolute atomic E-state index is 0.381. The first-order chi connectivity index (χ1) is 15.1. The molecular weight excluding hydrogens is 420 g/mol. The third-order valence-electron chi connectivity index (χ3n) is 5.68. The summed E-state index contributed by atoms with van der Waals surface area (Å²) in [7, 11) is 4.00. The Kier molecular flexibility index (Phi) is 8.86. The number of carboxylic acids is 2. The number of benzene rings is 2. The summed E-state index contributed by atoms with van der Waals surface area (Å²) in [5.41, 5.74) is 1.28. The Morgan fingerprint density at radius 3 is 2.34 bits per heavy atom. The van der Waals surface area contributed by atoms with Crippen LogP contribution in [-0.2, 0) is 21.6 Å². The van der Waals surface area contributed by atoms with Crippen LogP contribution >= 0.6 is 0 Å². The summed E-state index contributed by atoms with van der Waals surface area (Å²) < 4.78 is 28.0. The van der Waals surface area contributed by atoms with Crippen molar-refractivity contribution in [2.24, 2.45) is 0 Å². The molecule has 6 nitrogen and oxygen atoms in total. The van der Waals surface area contributed by atoms with Gasteiger partial charge >= 0.3 is 11.9 Å². The number of carboxylic acid groups (broad SMARTS) is 2. The monoisotopic (exact) mass is 449 g/mol. The van der Waals surface area contributed by atoms with Crippen molar-refractivity contribution in [3.63, 3.8) is 0 Å². The van der Waals surface area contributed by atoms with Crippen molar-refractivity contribution < 1.29 is 33.7 Å². The lowest BCUT2D eigenvalue weighted by molar-refractivity contribution is -0.159. The minimum Gasteiger partial charge on any atom is -0.473 e. The minimum atomic E-state index is -1.82. The van der Waals surface area contributed by atoms with Gasteiger partial charge in [-0.05, 0) is 75.5 Å². The summed E-state index contributed by atoms with van der Waals surface area (Å²) in [6.45, 7) is 0.850. The van der Waals surface area contributed by atoms with E-state index in [-0.39, 0.29) is 5.92 Å². The van der Waals surface area contributed by atoms with Crippen molar-refractivity contribution in [3.05, 3.63) is 70.8 Å². The summed E-state index contributed by atoms with van der Waals surface area (Å²) >= 11 is 0. The van der Waals surface area contributed by atoms with E-state index in [1.165, 1.54) is 12.1 Å². The summed E-state index contributed by atoms with van der Waals surface area (Å²) in [5, 5.41) is 26.6. The fourth-order valence-corrected chi connectivity index (χ4v) is 4.25. The molecule has 0 spiro atoms. The number of nitrogens with zero attached hydrogens (tertiary/aromatic N) is 1. The van der Waals surface area contributed by atoms with Gasteiger partial charge in [-0.25, -0.2) is 18.4 Å². The molecule has 0 heterocycles. The van der Waals surface area contributed by atoms with Crippen LogP contribution in [0.3, 0.4) is 0 Å². The van der Waals surface area contributed by atoms with Crippen LogP contribution in [0.5, 0.6) is 0 Å². The second-order valence-corrected chi connectivity index (χ2v) is 8.21. The van der Waals surface area contributed by atoms with Crippen LogP contribution in [0.1, 0.15) is 48.3 Å². The van der Waals surface area contributed by atoms with Gasteiger partial charge in [-0.3, -0.25) is 0 Å². The Morgan fingerprint density at radius 2 is 1.75 bits per heavy atom. The van der Waals surface area contributed by atoms with Gasteiger partial charge in [-0.2, -0.15) is 0 Å². The molecule has 3 N–H and O–H groups in total. The fraction of sp³-hybridized carbons (Fsp3) is 0.417. The number of hydrogen-bond acceptors (Lipinski definition) is 4. The first kappa shape index (κ1) is 25.4. The van der Waals surface area contributed by atoms with E-state index in [2.05, 4.69) is 11.0 Å². The zero-order valence-corrected chi connectivity index (χ0v) is 18.2. The molecule has 0 unspecified atom stereocenters. The van der Waals surface area contributed by atoms with Gasteiger partial charge in [-0.15, -0.1) is 0 Å². The van der Waals surface area contributed by atoms with E-state index in [0.29, 0.717) is 18.4 Å². The highest BCUT2D eigenvalue weighted by molar-refractivity contribution is 6.27. The van der Waals surface area contributed by atoms with E-state index in [9.17, 15) is 13.9 Å². The van der Waals surface area contributed by atoms with Gasteiger partial charge < -0.3 is 20.2 Å². The molecule has 32 heavy (non-hydrogen) atoms. The molecule has 1 aliphatic rings. The standard InChI is InChI=1S/C22H27F2NO.C2H2O4/c1-25(2)14-6-13-22(26)19-9-4-3-7-16(19)8-5-10-20(22)18-12-11-17(23)15-21(18)24;3-1(4)2(5)6/h3-4,7,9,11-12,15,20,26H,5-6,8,10,13-14H2,1-2H3;(H,3,4)(H,5,6)/t20-,22-;/m0./s1. The maximum Gasteiger partial charge on any atom is 0.414 e. The molecule has 0 bridgehead atoms. The zero-order chi connectivity index (χ0) is 23.9. The molecule has 0 saturated heterocycles. The summed E-state index contributed by atoms with van der Waals surface area (Å²) in [5.74, 6) is -5.18. The normalized spacial score (nSPS) is 20.0. The van der Waals surface area contributed by atoms with E-state index < -0.39 is 29.2 Å². The van der Waals surface area contributed by atoms with Crippen LogP contribution in [0, 0.1) is 11.6 Å². The zero-order valence-electron chi connectivity index (χ0n) is 18.2. The molecule has 1 aliphatic carbocycles. The number of hydrogen-bond donors (Lipinski definition) is 3. The van der Waals surface area contributed by atoms with Crippen LogP contribution < -0.4 is 0 Å². The fourth-order valence-electron chi connectivity index (χ4n) is 4.25. The van der Waals surface area contributed by atoms with Crippen molar-refractivity contribution in [2.45, 2.75) is 43.6 Å². The second kappa shape index (κ2) is 11.2. The molecule has 0 radical (unpaired) electrons. The first-order valence-corrected chi connectivity index (χ1v) is 10.4. The van der Waals surface area contributed by atoms with Gasteiger partial charge in [0.05, 0.1) is 5.60 Å². The maximum atomic E-state index is 14.6. The third kappa shape index (κ3) is 6.34. The summed E-state index contributed by atoms with van der Waals surface area (Å²) in [6.07, 6.45) is 3.76. The molecule has 2 aromatic rings. The lowest BCUT2D eigenvalue weighted by Gasteiger charge is -2.37. The largest absolute Gasteiger partial charge is 0.473 e. The molecule has 174 valence electrons. The number of aryl methyl sites for hydroxylation is 1. The number of fused-ring (bicyclic) bond motifs is 1. The molecule has 2 aromatic carbocycles. The van der Waals surface area contributed by atoms with Gasteiger partial charge in [0, 0.05) is 12.0 Å². The Balaban J connectivity index is 0.000000534. The van der Waals surface area contributed by atoms with E-state index >= 15 is 0 Å². The van der Waals surface area contributed by atoms with Gasteiger partial charge in [-0.1, -0.05) is 30.3 Å². The molecule has 0 aromatic heterocycles. The van der Waals surface area contributed by atoms with Crippen molar-refractivity contribution >= 4 is 11.9 Å². The highest BCUT2D eigenvalue weighted by Gasteiger charge is 2.42. The highest BCUT2D eigenvalue weighted by atomic mass is 19.1. The van der Waals surface area contributed by atoms with Gasteiger partial charge in [0.2, 0.25) is 0 Å². The van der Waals surface area contributed by atoms with Crippen molar-refractivity contribution in [3.8, 4) is 0 Å². The topological polar surface area (TPSA) is 98.1 Å². The maximum absolute atomic E-state index is 14.6. The lowest BCUT2D eigenvalue weighted by Crippen LogP contribution is -2.35. The van der Waals surface area contributed by atoms with Crippen molar-refractivity contribution in [2.75, 3.05) is 20.6 Å². The number of rotatable bonds is 5. The van der Waals surface area contributed by atoms with E-state index in [1.54, 1.807) is 0 Å². The molecular formula is C24H29F2NO5. The van der Waals surface area contributed by atoms with E-state index in [4.69, 9.17) is 19.8 Å². The van der Waals surface area contributed by atoms with Crippen LogP contribution in [0.25, 0.3) is 0 Å². The molecule has 3 rings (SSSR count). The predicted octanol–water partition coefficient (Wildman–Crippen LogP) is 3.77.